The molecule has 0 heterocycles. The Bertz CT molecular complexity index is 2380. The van der Waals surface area contributed by atoms with Crippen molar-refractivity contribution >= 4 is 55.7 Å². The average Bonchev–Trinajstić information content (AvgIpc) is 3.16. The van der Waals surface area contributed by atoms with Crippen molar-refractivity contribution in [1.29, 1.82) is 0 Å². The van der Waals surface area contributed by atoms with Gasteiger partial charge in [0.2, 0.25) is 0 Å². The van der Waals surface area contributed by atoms with Crippen LogP contribution in [0.25, 0.3) is 32.7 Å². The molecule has 50 heavy (non-hydrogen) atoms. The summed E-state index contributed by atoms with van der Waals surface area (Å²) in [6.07, 6.45) is 0. The molecule has 0 N–H and O–H groups in total. The predicted octanol–water partition coefficient (Wildman–Crippen LogP) is 13.9. The van der Waals surface area contributed by atoms with Gasteiger partial charge in [-0.15, -0.1) is 0 Å². The average molecular weight is 645 g/mol. The lowest BCUT2D eigenvalue weighted by Gasteiger charge is -2.28. The van der Waals surface area contributed by atoms with Gasteiger partial charge in [-0.3, -0.25) is 0 Å². The maximum Gasteiger partial charge on any atom is 0.0540 e. The van der Waals surface area contributed by atoms with Gasteiger partial charge in [0.1, 0.15) is 0 Å². The molecule has 2 heteroatoms. The van der Waals surface area contributed by atoms with Gasteiger partial charge in [-0.1, -0.05) is 142 Å². The quantitative estimate of drug-likeness (QED) is 0.170. The Balaban J connectivity index is 1.15. The molecule has 0 saturated carbocycles. The summed E-state index contributed by atoms with van der Waals surface area (Å²) in [6, 6.07) is 67.9. The zero-order valence-electron chi connectivity index (χ0n) is 28.8. The van der Waals surface area contributed by atoms with Crippen LogP contribution in [0.3, 0.4) is 0 Å². The van der Waals surface area contributed by atoms with Crippen LogP contribution in [-0.2, 0) is 5.41 Å². The lowest BCUT2D eigenvalue weighted by molar-refractivity contribution is 0.590. The zero-order chi connectivity index (χ0) is 34.1. The monoisotopic (exact) mass is 644 g/mol. The maximum absolute atomic E-state index is 2.38. The topological polar surface area (TPSA) is 6.48 Å². The second-order valence-electron chi connectivity index (χ2n) is 13.9. The molecule has 0 radical (unpaired) electrons. The second-order valence-corrected chi connectivity index (χ2v) is 13.9. The SMILES string of the molecule is CC(C)(C)c1ccc(N(c2ccc(-c3ccc(N(c4ccccc4)c4ccc5ccccc5c4)cc3)cc2)c2cccc3ccccc23)cc1. The fourth-order valence-electron chi connectivity index (χ4n) is 6.89. The van der Waals surface area contributed by atoms with E-state index in [0.29, 0.717) is 0 Å². The molecule has 0 bridgehead atoms. The van der Waals surface area contributed by atoms with Crippen molar-refractivity contribution in [2.24, 2.45) is 0 Å². The summed E-state index contributed by atoms with van der Waals surface area (Å²) < 4.78 is 0. The smallest absolute Gasteiger partial charge is 0.0540 e. The van der Waals surface area contributed by atoms with E-state index in [1.165, 1.54) is 43.9 Å². The summed E-state index contributed by atoms with van der Waals surface area (Å²) in [7, 11) is 0. The molecular weight excluding hydrogens is 605 g/mol. The van der Waals surface area contributed by atoms with E-state index in [4.69, 9.17) is 0 Å². The molecule has 0 fully saturated rings. The van der Waals surface area contributed by atoms with Crippen LogP contribution in [0.2, 0.25) is 0 Å². The van der Waals surface area contributed by atoms with Crippen molar-refractivity contribution < 1.29 is 0 Å². The normalized spacial score (nSPS) is 11.5. The molecule has 0 aromatic heterocycles. The lowest BCUT2D eigenvalue weighted by atomic mass is 9.87. The Morgan fingerprint density at radius 2 is 0.820 bits per heavy atom. The third-order valence-corrected chi connectivity index (χ3v) is 9.59. The first-order valence-electron chi connectivity index (χ1n) is 17.4. The van der Waals surface area contributed by atoms with Crippen LogP contribution in [0, 0.1) is 0 Å². The Morgan fingerprint density at radius 1 is 0.340 bits per heavy atom. The Morgan fingerprint density at radius 3 is 1.46 bits per heavy atom. The van der Waals surface area contributed by atoms with Crippen LogP contribution in [0.1, 0.15) is 26.3 Å². The van der Waals surface area contributed by atoms with Crippen molar-refractivity contribution in [2.75, 3.05) is 9.80 Å². The summed E-state index contributed by atoms with van der Waals surface area (Å²) in [5.74, 6) is 0. The molecule has 2 nitrogen and oxygen atoms in total. The van der Waals surface area contributed by atoms with E-state index in [0.717, 1.165) is 28.4 Å². The van der Waals surface area contributed by atoms with E-state index in [1.807, 2.05) is 0 Å². The van der Waals surface area contributed by atoms with Crippen LogP contribution in [0.5, 0.6) is 0 Å². The molecule has 0 saturated heterocycles. The van der Waals surface area contributed by atoms with Crippen LogP contribution in [-0.4, -0.2) is 0 Å². The Labute approximate surface area is 295 Å². The molecule has 8 aromatic rings. The van der Waals surface area contributed by atoms with Crippen molar-refractivity contribution in [1.82, 2.24) is 0 Å². The number of anilines is 6. The molecule has 242 valence electrons. The molecule has 8 aromatic carbocycles. The first kappa shape index (κ1) is 31.2. The van der Waals surface area contributed by atoms with Crippen LogP contribution in [0.15, 0.2) is 188 Å². The highest BCUT2D eigenvalue weighted by molar-refractivity contribution is 5.99. The number of fused-ring (bicyclic) bond motifs is 2. The molecule has 0 atom stereocenters. The van der Waals surface area contributed by atoms with Gasteiger partial charge >= 0.3 is 0 Å². The van der Waals surface area contributed by atoms with Gasteiger partial charge in [-0.05, 0) is 105 Å². The van der Waals surface area contributed by atoms with Crippen molar-refractivity contribution in [3.8, 4) is 11.1 Å². The number of rotatable bonds is 7. The van der Waals surface area contributed by atoms with Crippen molar-refractivity contribution in [2.45, 2.75) is 26.2 Å². The highest BCUT2D eigenvalue weighted by atomic mass is 15.1. The van der Waals surface area contributed by atoms with E-state index in [1.54, 1.807) is 0 Å². The van der Waals surface area contributed by atoms with Gasteiger partial charge in [0.05, 0.1) is 5.69 Å². The number of benzene rings is 8. The fourth-order valence-corrected chi connectivity index (χ4v) is 6.89. The van der Waals surface area contributed by atoms with Crippen LogP contribution >= 0.6 is 0 Å². The largest absolute Gasteiger partial charge is 0.310 e. The fraction of sp³-hybridized carbons (Fsp3) is 0.0833. The minimum atomic E-state index is 0.0909. The molecular formula is C48H40N2. The Kier molecular flexibility index (Phi) is 8.14. The van der Waals surface area contributed by atoms with Gasteiger partial charge in [0, 0.05) is 33.8 Å². The molecule has 0 spiro atoms. The molecule has 0 aliphatic carbocycles. The minimum Gasteiger partial charge on any atom is -0.310 e. The molecule has 0 amide bonds. The van der Waals surface area contributed by atoms with E-state index in [9.17, 15) is 0 Å². The highest BCUT2D eigenvalue weighted by Crippen LogP contribution is 2.41. The van der Waals surface area contributed by atoms with E-state index in [2.05, 4.69) is 219 Å². The minimum absolute atomic E-state index is 0.0909. The van der Waals surface area contributed by atoms with Crippen molar-refractivity contribution in [3.05, 3.63) is 194 Å². The number of hydrogen-bond acceptors (Lipinski definition) is 2. The van der Waals surface area contributed by atoms with Crippen molar-refractivity contribution in [3.63, 3.8) is 0 Å². The number of nitrogens with zero attached hydrogens (tertiary/aromatic N) is 2. The summed E-state index contributed by atoms with van der Waals surface area (Å²) in [5.41, 5.74) is 10.6. The summed E-state index contributed by atoms with van der Waals surface area (Å²) in [4.78, 5) is 4.70. The van der Waals surface area contributed by atoms with Gasteiger partial charge in [0.25, 0.3) is 0 Å². The van der Waals surface area contributed by atoms with Gasteiger partial charge in [-0.25, -0.2) is 0 Å². The predicted molar refractivity (Wildman–Crippen MR) is 215 cm³/mol. The maximum atomic E-state index is 2.38. The Hall–Kier alpha value is -6.12. The molecule has 0 aliphatic rings. The zero-order valence-corrected chi connectivity index (χ0v) is 28.8. The third-order valence-electron chi connectivity index (χ3n) is 9.59. The van der Waals surface area contributed by atoms with E-state index < -0.39 is 0 Å². The number of hydrogen-bond donors (Lipinski definition) is 0. The standard InChI is InChI=1S/C48H40N2/c1-48(2,3)40-25-32-44(33-26-40)50(47-19-11-15-38-13-9-10-18-46(38)47)43-29-22-37(23-30-43)36-20-27-42(28-21-36)49(41-16-5-4-6-17-41)45-31-24-35-12-7-8-14-39(35)34-45/h4-34H,1-3H3. The molecule has 8 rings (SSSR count). The summed E-state index contributed by atoms with van der Waals surface area (Å²) >= 11 is 0. The number of para-hydroxylation sites is 1. The first-order chi connectivity index (χ1) is 24.4. The first-order valence-corrected chi connectivity index (χ1v) is 17.4. The van der Waals surface area contributed by atoms with Gasteiger partial charge < -0.3 is 9.80 Å². The summed E-state index contributed by atoms with van der Waals surface area (Å²) in [6.45, 7) is 6.79. The van der Waals surface area contributed by atoms with E-state index >= 15 is 0 Å². The second kappa shape index (κ2) is 13.1. The van der Waals surface area contributed by atoms with E-state index in [-0.39, 0.29) is 5.41 Å². The van der Waals surface area contributed by atoms with Gasteiger partial charge in [-0.2, -0.15) is 0 Å². The van der Waals surface area contributed by atoms with Crippen LogP contribution < -0.4 is 9.80 Å². The highest BCUT2D eigenvalue weighted by Gasteiger charge is 2.18. The lowest BCUT2D eigenvalue weighted by Crippen LogP contribution is -2.13. The third kappa shape index (κ3) is 6.13. The molecule has 0 aliphatic heterocycles. The van der Waals surface area contributed by atoms with Gasteiger partial charge in [0.15, 0.2) is 0 Å². The van der Waals surface area contributed by atoms with Crippen LogP contribution in [0.4, 0.5) is 34.1 Å². The summed E-state index contributed by atoms with van der Waals surface area (Å²) in [5, 5.41) is 4.92. The molecule has 0 unspecified atom stereocenters.